The Bertz CT molecular complexity index is 704. The van der Waals surface area contributed by atoms with Gasteiger partial charge in [0.2, 0.25) is 0 Å². The van der Waals surface area contributed by atoms with Crippen molar-refractivity contribution in [3.8, 4) is 0 Å². The van der Waals surface area contributed by atoms with Crippen LogP contribution in [-0.2, 0) is 10.0 Å². The highest BCUT2D eigenvalue weighted by atomic mass is 79.9. The minimum absolute atomic E-state index is 0.100. The molecule has 0 amide bonds. The molecule has 102 valence electrons. The van der Waals surface area contributed by atoms with Gasteiger partial charge in [0, 0.05) is 14.6 Å². The number of benzene rings is 1. The smallest absolute Gasteiger partial charge is 0.265 e. The molecular weight excluding hydrogens is 400 g/mol. The van der Waals surface area contributed by atoms with Crippen LogP contribution in [0.5, 0.6) is 0 Å². The van der Waals surface area contributed by atoms with Crippen LogP contribution in [0.1, 0.15) is 5.69 Å². The third-order valence-corrected chi connectivity index (χ3v) is 5.09. The maximum atomic E-state index is 12.2. The van der Waals surface area contributed by atoms with Crippen LogP contribution in [0, 0.1) is 6.92 Å². The summed E-state index contributed by atoms with van der Waals surface area (Å²) in [4.78, 5) is 0.100. The van der Waals surface area contributed by atoms with E-state index in [1.54, 1.807) is 19.1 Å². The average Bonchev–Trinajstić information content (AvgIpc) is 2.70. The van der Waals surface area contributed by atoms with Crippen LogP contribution in [0.3, 0.4) is 0 Å². The van der Waals surface area contributed by atoms with E-state index < -0.39 is 10.0 Å². The second-order valence-electron chi connectivity index (χ2n) is 3.82. The van der Waals surface area contributed by atoms with E-state index in [1.165, 1.54) is 6.20 Å². The van der Waals surface area contributed by atoms with Crippen molar-refractivity contribution >= 4 is 53.3 Å². The molecule has 9 heteroatoms. The lowest BCUT2D eigenvalue weighted by Crippen LogP contribution is -2.14. The summed E-state index contributed by atoms with van der Waals surface area (Å²) in [5, 5.41) is 6.29. The fourth-order valence-corrected chi connectivity index (χ4v) is 4.41. The van der Waals surface area contributed by atoms with E-state index in [9.17, 15) is 8.42 Å². The first kappa shape index (κ1) is 14.4. The van der Waals surface area contributed by atoms with Gasteiger partial charge in [0.25, 0.3) is 10.0 Å². The Kier molecular flexibility index (Phi) is 3.88. The van der Waals surface area contributed by atoms with Crippen molar-refractivity contribution in [2.24, 2.45) is 0 Å². The fraction of sp³-hybridized carbons (Fsp3) is 0.100. The molecule has 0 radical (unpaired) electrons. The molecule has 2 rings (SSSR count). The zero-order valence-electron chi connectivity index (χ0n) is 9.74. The number of sulfonamides is 1. The van der Waals surface area contributed by atoms with Crippen molar-refractivity contribution in [2.45, 2.75) is 11.8 Å². The van der Waals surface area contributed by atoms with Gasteiger partial charge >= 0.3 is 0 Å². The normalized spacial score (nSPS) is 11.5. The molecule has 4 N–H and O–H groups in total. The number of nitrogens with zero attached hydrogens (tertiary/aromatic N) is 1. The maximum absolute atomic E-state index is 12.2. The van der Waals surface area contributed by atoms with Gasteiger partial charge < -0.3 is 5.73 Å². The highest BCUT2D eigenvalue weighted by molar-refractivity contribution is 9.11. The summed E-state index contributed by atoms with van der Waals surface area (Å²) >= 11 is 6.54. The number of rotatable bonds is 3. The molecule has 0 spiro atoms. The van der Waals surface area contributed by atoms with Crippen molar-refractivity contribution in [2.75, 3.05) is 10.5 Å². The molecule has 1 aromatic heterocycles. The number of aromatic nitrogens is 2. The van der Waals surface area contributed by atoms with Crippen LogP contribution in [0.4, 0.5) is 11.4 Å². The largest absolute Gasteiger partial charge is 0.399 e. The van der Waals surface area contributed by atoms with Gasteiger partial charge in [-0.2, -0.15) is 5.10 Å². The quantitative estimate of drug-likeness (QED) is 0.678. The van der Waals surface area contributed by atoms with Gasteiger partial charge in [-0.15, -0.1) is 0 Å². The standard InChI is InChI=1S/C10H10Br2N4O2S/c1-5-9(4-14-15-5)19(17,18)16-10-7(11)2-6(13)3-8(10)12/h2-4,16H,13H2,1H3,(H,14,15). The summed E-state index contributed by atoms with van der Waals surface area (Å²) < 4.78 is 28.0. The van der Waals surface area contributed by atoms with Crippen LogP contribution < -0.4 is 10.5 Å². The number of hydrogen-bond donors (Lipinski definition) is 3. The summed E-state index contributed by atoms with van der Waals surface area (Å²) in [6.07, 6.45) is 1.26. The van der Waals surface area contributed by atoms with E-state index in [1.807, 2.05) is 0 Å². The minimum atomic E-state index is -3.70. The van der Waals surface area contributed by atoms with Crippen LogP contribution >= 0.6 is 31.9 Å². The molecule has 0 saturated carbocycles. The Morgan fingerprint density at radius 2 is 1.89 bits per heavy atom. The number of anilines is 2. The Morgan fingerprint density at radius 1 is 1.32 bits per heavy atom. The van der Waals surface area contributed by atoms with Gasteiger partial charge in [-0.1, -0.05) is 0 Å². The number of nitrogens with one attached hydrogen (secondary N) is 2. The number of aromatic amines is 1. The molecule has 1 aromatic carbocycles. The third kappa shape index (κ3) is 2.93. The predicted octanol–water partition coefficient (Wildman–Crippen LogP) is 2.63. The van der Waals surface area contributed by atoms with E-state index in [4.69, 9.17) is 5.73 Å². The third-order valence-electron chi connectivity index (χ3n) is 2.37. The predicted molar refractivity (Wildman–Crippen MR) is 80.4 cm³/mol. The van der Waals surface area contributed by atoms with Crippen molar-refractivity contribution in [1.29, 1.82) is 0 Å². The monoisotopic (exact) mass is 408 g/mol. The van der Waals surface area contributed by atoms with Crippen LogP contribution in [0.2, 0.25) is 0 Å². The van der Waals surface area contributed by atoms with Gasteiger partial charge in [0.15, 0.2) is 0 Å². The minimum Gasteiger partial charge on any atom is -0.399 e. The Balaban J connectivity index is 2.45. The van der Waals surface area contributed by atoms with Gasteiger partial charge in [0.1, 0.15) is 4.90 Å². The zero-order chi connectivity index (χ0) is 14.2. The lowest BCUT2D eigenvalue weighted by molar-refractivity contribution is 0.600. The lowest BCUT2D eigenvalue weighted by atomic mass is 10.3. The average molecular weight is 410 g/mol. The molecule has 0 bridgehead atoms. The molecule has 0 aliphatic heterocycles. The highest BCUT2D eigenvalue weighted by Gasteiger charge is 2.21. The SMILES string of the molecule is Cc1[nH]ncc1S(=O)(=O)Nc1c(Br)cc(N)cc1Br. The molecule has 1 heterocycles. The zero-order valence-corrected chi connectivity index (χ0v) is 13.7. The summed E-state index contributed by atoms with van der Waals surface area (Å²) in [5.74, 6) is 0. The molecular formula is C10H10Br2N4O2S. The molecule has 0 aliphatic rings. The van der Waals surface area contributed by atoms with E-state index >= 15 is 0 Å². The molecule has 19 heavy (non-hydrogen) atoms. The summed E-state index contributed by atoms with van der Waals surface area (Å²) in [5.41, 5.74) is 7.03. The van der Waals surface area contributed by atoms with E-state index in [0.717, 1.165) is 0 Å². The fourth-order valence-electron chi connectivity index (χ4n) is 1.49. The van der Waals surface area contributed by atoms with Gasteiger partial charge in [-0.25, -0.2) is 8.42 Å². The number of H-pyrrole nitrogens is 1. The highest BCUT2D eigenvalue weighted by Crippen LogP contribution is 2.35. The van der Waals surface area contributed by atoms with Gasteiger partial charge in [0.05, 0.1) is 17.6 Å². The number of nitrogen functional groups attached to an aromatic ring is 1. The van der Waals surface area contributed by atoms with Crippen LogP contribution in [0.25, 0.3) is 0 Å². The molecule has 0 fully saturated rings. The number of halogens is 2. The Hall–Kier alpha value is -1.06. The topological polar surface area (TPSA) is 101 Å². The van der Waals surface area contributed by atoms with E-state index in [-0.39, 0.29) is 4.90 Å². The summed E-state index contributed by atoms with van der Waals surface area (Å²) in [6.45, 7) is 1.63. The number of nitrogens with two attached hydrogens (primary N) is 1. The molecule has 0 unspecified atom stereocenters. The molecule has 2 aromatic rings. The second-order valence-corrected chi connectivity index (χ2v) is 7.18. The van der Waals surface area contributed by atoms with Crippen LogP contribution in [-0.4, -0.2) is 18.6 Å². The summed E-state index contributed by atoms with van der Waals surface area (Å²) in [7, 11) is -3.70. The van der Waals surface area contributed by atoms with Gasteiger partial charge in [-0.3, -0.25) is 9.82 Å². The molecule has 0 atom stereocenters. The summed E-state index contributed by atoms with van der Waals surface area (Å²) in [6, 6.07) is 3.23. The van der Waals surface area contributed by atoms with Crippen molar-refractivity contribution in [1.82, 2.24) is 10.2 Å². The first-order valence-electron chi connectivity index (χ1n) is 5.08. The van der Waals surface area contributed by atoms with Gasteiger partial charge in [-0.05, 0) is 50.9 Å². The number of aryl methyl sites for hydroxylation is 1. The van der Waals surface area contributed by atoms with Crippen molar-refractivity contribution in [3.05, 3.63) is 33.0 Å². The van der Waals surface area contributed by atoms with E-state index in [0.29, 0.717) is 26.0 Å². The number of hydrogen-bond acceptors (Lipinski definition) is 4. The van der Waals surface area contributed by atoms with Crippen LogP contribution in [0.15, 0.2) is 32.2 Å². The molecule has 0 aliphatic carbocycles. The van der Waals surface area contributed by atoms with Crippen molar-refractivity contribution < 1.29 is 8.42 Å². The van der Waals surface area contributed by atoms with Crippen molar-refractivity contribution in [3.63, 3.8) is 0 Å². The Labute approximate surface area is 127 Å². The maximum Gasteiger partial charge on any atom is 0.265 e. The molecule has 0 saturated heterocycles. The first-order chi connectivity index (χ1) is 8.81. The Morgan fingerprint density at radius 3 is 2.37 bits per heavy atom. The second kappa shape index (κ2) is 5.14. The lowest BCUT2D eigenvalue weighted by Gasteiger charge is -2.11. The first-order valence-corrected chi connectivity index (χ1v) is 8.15. The van der Waals surface area contributed by atoms with E-state index in [2.05, 4.69) is 46.8 Å². The molecule has 6 nitrogen and oxygen atoms in total.